The van der Waals surface area contributed by atoms with Crippen LogP contribution in [0.4, 0.5) is 4.79 Å². The SMILES string of the molecule is CC1CN(C(=O)NC(CCC(=O)O)Cc2ccccc2)CC2(CCOC2C)O1. The van der Waals surface area contributed by atoms with Crippen molar-refractivity contribution in [1.82, 2.24) is 10.2 Å². The van der Waals surface area contributed by atoms with Gasteiger partial charge in [-0.1, -0.05) is 30.3 Å². The van der Waals surface area contributed by atoms with Crippen molar-refractivity contribution < 1.29 is 24.2 Å². The molecule has 0 aliphatic carbocycles. The highest BCUT2D eigenvalue weighted by Gasteiger charge is 2.48. The number of hydrogen-bond acceptors (Lipinski definition) is 4. The molecular formula is C21H30N2O5. The van der Waals surface area contributed by atoms with Crippen LogP contribution in [0.1, 0.15) is 38.7 Å². The Bertz CT molecular complexity index is 683. The number of hydrogen-bond donors (Lipinski definition) is 2. The minimum absolute atomic E-state index is 0.0199. The molecule has 2 amide bonds. The fraction of sp³-hybridized carbons (Fsp3) is 0.619. The molecule has 4 unspecified atom stereocenters. The van der Waals surface area contributed by atoms with E-state index in [0.29, 0.717) is 32.5 Å². The standard InChI is InChI=1S/C21H30N2O5/c1-15-13-23(14-21(28-15)10-11-27-16(21)2)20(26)22-18(8-9-19(24)25)12-17-6-4-3-5-7-17/h3-7,15-16,18H,8-14H2,1-2H3,(H,22,26)(H,24,25). The first-order valence-electron chi connectivity index (χ1n) is 9.98. The van der Waals surface area contributed by atoms with Crippen LogP contribution in [0.5, 0.6) is 0 Å². The zero-order valence-corrected chi connectivity index (χ0v) is 16.6. The van der Waals surface area contributed by atoms with Crippen molar-refractivity contribution >= 4 is 12.0 Å². The van der Waals surface area contributed by atoms with E-state index >= 15 is 0 Å². The van der Waals surface area contributed by atoms with Crippen LogP contribution in [0.2, 0.25) is 0 Å². The van der Waals surface area contributed by atoms with Gasteiger partial charge >= 0.3 is 12.0 Å². The molecule has 2 N–H and O–H groups in total. The number of nitrogens with one attached hydrogen (secondary N) is 1. The number of amides is 2. The van der Waals surface area contributed by atoms with E-state index < -0.39 is 11.6 Å². The number of aliphatic carboxylic acids is 1. The highest BCUT2D eigenvalue weighted by molar-refractivity contribution is 5.75. The van der Waals surface area contributed by atoms with Crippen LogP contribution in [0, 0.1) is 0 Å². The Labute approximate surface area is 166 Å². The number of carbonyl (C=O) groups is 2. The van der Waals surface area contributed by atoms with Crippen molar-refractivity contribution in [3.63, 3.8) is 0 Å². The van der Waals surface area contributed by atoms with Crippen molar-refractivity contribution in [3.05, 3.63) is 35.9 Å². The maximum absolute atomic E-state index is 13.0. The molecule has 2 aliphatic heterocycles. The number of benzene rings is 1. The quantitative estimate of drug-likeness (QED) is 0.779. The summed E-state index contributed by atoms with van der Waals surface area (Å²) in [5.41, 5.74) is 0.619. The summed E-state index contributed by atoms with van der Waals surface area (Å²) in [7, 11) is 0. The lowest BCUT2D eigenvalue weighted by molar-refractivity contribution is -0.159. The van der Waals surface area contributed by atoms with E-state index in [4.69, 9.17) is 14.6 Å². The Balaban J connectivity index is 1.66. The first-order chi connectivity index (χ1) is 13.4. The lowest BCUT2D eigenvalue weighted by atomic mass is 9.93. The number of morpholine rings is 1. The van der Waals surface area contributed by atoms with Gasteiger partial charge in [0, 0.05) is 32.0 Å². The summed E-state index contributed by atoms with van der Waals surface area (Å²) in [6, 6.07) is 9.40. The van der Waals surface area contributed by atoms with Crippen LogP contribution in [0.3, 0.4) is 0 Å². The number of carboxylic acid groups (broad SMARTS) is 1. The zero-order valence-electron chi connectivity index (χ0n) is 16.6. The topological polar surface area (TPSA) is 88.1 Å². The van der Waals surface area contributed by atoms with Gasteiger partial charge in [-0.3, -0.25) is 4.79 Å². The van der Waals surface area contributed by atoms with Gasteiger partial charge in [-0.2, -0.15) is 0 Å². The van der Waals surface area contributed by atoms with Crippen LogP contribution in [0.15, 0.2) is 30.3 Å². The molecule has 4 atom stereocenters. The summed E-state index contributed by atoms with van der Waals surface area (Å²) in [4.78, 5) is 25.8. The average Bonchev–Trinajstić information content (AvgIpc) is 2.99. The maximum Gasteiger partial charge on any atom is 0.317 e. The van der Waals surface area contributed by atoms with Crippen molar-refractivity contribution in [2.45, 2.75) is 63.4 Å². The first kappa shape index (κ1) is 20.6. The fourth-order valence-corrected chi connectivity index (χ4v) is 4.14. The minimum atomic E-state index is -0.858. The van der Waals surface area contributed by atoms with Gasteiger partial charge in [-0.15, -0.1) is 0 Å². The van der Waals surface area contributed by atoms with Gasteiger partial charge in [0.2, 0.25) is 0 Å². The lowest BCUT2D eigenvalue weighted by Crippen LogP contribution is -2.61. The lowest BCUT2D eigenvalue weighted by Gasteiger charge is -2.45. The fourth-order valence-electron chi connectivity index (χ4n) is 4.14. The normalized spacial score (nSPS) is 28.3. The molecule has 0 radical (unpaired) electrons. The molecule has 2 aliphatic rings. The summed E-state index contributed by atoms with van der Waals surface area (Å²) in [6.07, 6.45) is 1.65. The largest absolute Gasteiger partial charge is 0.481 e. The molecule has 0 bridgehead atoms. The minimum Gasteiger partial charge on any atom is -0.481 e. The molecule has 154 valence electrons. The number of urea groups is 1. The van der Waals surface area contributed by atoms with Crippen molar-refractivity contribution in [2.75, 3.05) is 19.7 Å². The highest BCUT2D eigenvalue weighted by Crippen LogP contribution is 2.35. The maximum atomic E-state index is 13.0. The third-order valence-corrected chi connectivity index (χ3v) is 5.65. The van der Waals surface area contributed by atoms with Crippen LogP contribution in [-0.2, 0) is 20.7 Å². The summed E-state index contributed by atoms with van der Waals surface area (Å²) in [5, 5.41) is 12.1. The summed E-state index contributed by atoms with van der Waals surface area (Å²) in [5.74, 6) is -0.858. The van der Waals surface area contributed by atoms with Crippen LogP contribution >= 0.6 is 0 Å². The van der Waals surface area contributed by atoms with E-state index in [2.05, 4.69) is 5.32 Å². The van der Waals surface area contributed by atoms with E-state index in [1.165, 1.54) is 0 Å². The molecule has 3 rings (SSSR count). The molecule has 7 nitrogen and oxygen atoms in total. The zero-order chi connectivity index (χ0) is 20.1. The summed E-state index contributed by atoms with van der Waals surface area (Å²) in [6.45, 7) is 5.60. The number of rotatable bonds is 6. The predicted octanol–water partition coefficient (Wildman–Crippen LogP) is 2.44. The van der Waals surface area contributed by atoms with Crippen molar-refractivity contribution in [2.24, 2.45) is 0 Å². The third kappa shape index (κ3) is 5.02. The smallest absolute Gasteiger partial charge is 0.317 e. The molecule has 0 aromatic heterocycles. The molecule has 2 fully saturated rings. The number of nitrogens with zero attached hydrogens (tertiary/aromatic N) is 1. The molecule has 1 spiro atoms. The Kier molecular flexibility index (Phi) is 6.57. The summed E-state index contributed by atoms with van der Waals surface area (Å²) >= 11 is 0. The van der Waals surface area contributed by atoms with E-state index in [9.17, 15) is 9.59 Å². The molecule has 2 saturated heterocycles. The van der Waals surface area contributed by atoms with Gasteiger partial charge in [-0.25, -0.2) is 4.79 Å². The van der Waals surface area contributed by atoms with E-state index in [1.807, 2.05) is 44.2 Å². The molecule has 1 aromatic carbocycles. The predicted molar refractivity (Wildman–Crippen MR) is 104 cm³/mol. The molecule has 7 heteroatoms. The van der Waals surface area contributed by atoms with Gasteiger partial charge in [-0.05, 0) is 32.3 Å². The second-order valence-electron chi connectivity index (χ2n) is 7.91. The highest BCUT2D eigenvalue weighted by atomic mass is 16.6. The second kappa shape index (κ2) is 8.92. The molecule has 0 saturated carbocycles. The molecular weight excluding hydrogens is 360 g/mol. The molecule has 2 heterocycles. The monoisotopic (exact) mass is 390 g/mol. The van der Waals surface area contributed by atoms with Crippen molar-refractivity contribution in [1.29, 1.82) is 0 Å². The third-order valence-electron chi connectivity index (χ3n) is 5.65. The Morgan fingerprint density at radius 1 is 1.32 bits per heavy atom. The van der Waals surface area contributed by atoms with Crippen LogP contribution in [-0.4, -0.2) is 65.6 Å². The second-order valence-corrected chi connectivity index (χ2v) is 7.91. The number of carboxylic acids is 1. The van der Waals surface area contributed by atoms with Crippen molar-refractivity contribution in [3.8, 4) is 0 Å². The molecule has 28 heavy (non-hydrogen) atoms. The van der Waals surface area contributed by atoms with Gasteiger partial charge in [0.1, 0.15) is 5.60 Å². The Morgan fingerprint density at radius 2 is 2.07 bits per heavy atom. The Hall–Kier alpha value is -2.12. The van der Waals surface area contributed by atoms with Gasteiger partial charge < -0.3 is 24.8 Å². The van der Waals surface area contributed by atoms with E-state index in [0.717, 1.165) is 12.0 Å². The van der Waals surface area contributed by atoms with E-state index in [1.54, 1.807) is 4.90 Å². The average molecular weight is 390 g/mol. The van der Waals surface area contributed by atoms with E-state index in [-0.39, 0.29) is 30.7 Å². The number of carbonyl (C=O) groups excluding carboxylic acids is 1. The number of ether oxygens (including phenoxy) is 2. The van der Waals surface area contributed by atoms with Crippen LogP contribution in [0.25, 0.3) is 0 Å². The Morgan fingerprint density at radius 3 is 2.71 bits per heavy atom. The van der Waals surface area contributed by atoms with Gasteiger partial charge in [0.25, 0.3) is 0 Å². The summed E-state index contributed by atoms with van der Waals surface area (Å²) < 4.78 is 11.9. The van der Waals surface area contributed by atoms with Gasteiger partial charge in [0.15, 0.2) is 0 Å². The first-order valence-corrected chi connectivity index (χ1v) is 9.98. The van der Waals surface area contributed by atoms with Gasteiger partial charge in [0.05, 0.1) is 18.8 Å². The molecule has 1 aromatic rings. The van der Waals surface area contributed by atoms with Crippen LogP contribution < -0.4 is 5.32 Å².